The maximum Gasteiger partial charge on any atom is 0.269 e. The molecule has 0 atom stereocenters. The largest absolute Gasteiger partial charge is 0.378 e. The molecular weight excluding hydrogens is 316 g/mol. The molecule has 0 aliphatic carbocycles. The Balaban J connectivity index is 2.04. The van der Waals surface area contributed by atoms with Gasteiger partial charge in [-0.15, -0.1) is 0 Å². The number of unbranched alkanes of at least 4 members (excludes halogenated alkanes) is 1. The molecule has 2 rings (SSSR count). The van der Waals surface area contributed by atoms with Crippen LogP contribution in [-0.2, 0) is 0 Å². The van der Waals surface area contributed by atoms with Crippen molar-refractivity contribution in [3.63, 3.8) is 0 Å². The molecule has 0 unspecified atom stereocenters. The van der Waals surface area contributed by atoms with Crippen molar-refractivity contribution >= 4 is 23.2 Å². The number of nitrogens with one attached hydrogen (secondary N) is 2. The number of carbonyl (C=O) groups excluding carboxylic acids is 2. The summed E-state index contributed by atoms with van der Waals surface area (Å²) >= 11 is 0. The summed E-state index contributed by atoms with van der Waals surface area (Å²) in [7, 11) is 3.91. The fourth-order valence-corrected chi connectivity index (χ4v) is 2.21. The van der Waals surface area contributed by atoms with E-state index >= 15 is 0 Å². The average Bonchev–Trinajstić information content (AvgIpc) is 2.62. The molecule has 132 valence electrons. The van der Waals surface area contributed by atoms with E-state index in [-0.39, 0.29) is 17.5 Å². The molecule has 0 bridgehead atoms. The monoisotopic (exact) mass is 340 g/mol. The van der Waals surface area contributed by atoms with Crippen LogP contribution < -0.4 is 15.5 Å². The highest BCUT2D eigenvalue weighted by molar-refractivity contribution is 6.05. The van der Waals surface area contributed by atoms with Crippen LogP contribution in [0.25, 0.3) is 0 Å². The lowest BCUT2D eigenvalue weighted by molar-refractivity contribution is 0.0948. The summed E-state index contributed by atoms with van der Waals surface area (Å²) in [6.07, 6.45) is 3.39. The Morgan fingerprint density at radius 1 is 1.08 bits per heavy atom. The van der Waals surface area contributed by atoms with Gasteiger partial charge in [-0.3, -0.25) is 14.6 Å². The zero-order chi connectivity index (χ0) is 18.2. The molecule has 0 spiro atoms. The second kappa shape index (κ2) is 8.82. The number of anilines is 2. The van der Waals surface area contributed by atoms with E-state index in [1.165, 1.54) is 12.3 Å². The van der Waals surface area contributed by atoms with Gasteiger partial charge in [0, 0.05) is 43.8 Å². The van der Waals surface area contributed by atoms with E-state index in [9.17, 15) is 9.59 Å². The summed E-state index contributed by atoms with van der Waals surface area (Å²) in [5.41, 5.74) is 2.38. The van der Waals surface area contributed by atoms with Crippen molar-refractivity contribution in [2.45, 2.75) is 19.8 Å². The second-order valence-corrected chi connectivity index (χ2v) is 5.93. The first kappa shape index (κ1) is 18.4. The summed E-state index contributed by atoms with van der Waals surface area (Å²) in [5, 5.41) is 5.62. The molecule has 0 radical (unpaired) electrons. The van der Waals surface area contributed by atoms with E-state index in [4.69, 9.17) is 0 Å². The Morgan fingerprint density at radius 3 is 2.44 bits per heavy atom. The number of hydrogen-bond donors (Lipinski definition) is 2. The van der Waals surface area contributed by atoms with E-state index < -0.39 is 0 Å². The Morgan fingerprint density at radius 2 is 1.80 bits per heavy atom. The number of rotatable bonds is 7. The summed E-state index contributed by atoms with van der Waals surface area (Å²) in [5.74, 6) is -0.541. The van der Waals surface area contributed by atoms with Crippen LogP contribution in [0.15, 0.2) is 42.6 Å². The van der Waals surface area contributed by atoms with Crippen LogP contribution in [0.3, 0.4) is 0 Å². The summed E-state index contributed by atoms with van der Waals surface area (Å²) in [6, 6.07) is 10.6. The molecule has 6 heteroatoms. The van der Waals surface area contributed by atoms with E-state index in [1.54, 1.807) is 6.07 Å². The van der Waals surface area contributed by atoms with Gasteiger partial charge in [-0.05, 0) is 42.8 Å². The van der Waals surface area contributed by atoms with Gasteiger partial charge >= 0.3 is 0 Å². The summed E-state index contributed by atoms with van der Waals surface area (Å²) < 4.78 is 0. The molecule has 2 aromatic rings. The van der Waals surface area contributed by atoms with Crippen molar-refractivity contribution < 1.29 is 9.59 Å². The van der Waals surface area contributed by atoms with Gasteiger partial charge in [-0.25, -0.2) is 0 Å². The summed E-state index contributed by atoms with van der Waals surface area (Å²) in [6.45, 7) is 2.66. The van der Waals surface area contributed by atoms with Gasteiger partial charge in [0.25, 0.3) is 11.8 Å². The number of carbonyl (C=O) groups is 2. The third-order valence-corrected chi connectivity index (χ3v) is 3.71. The number of pyridine rings is 1. The molecule has 0 saturated carbocycles. The number of aromatic nitrogens is 1. The number of benzene rings is 1. The van der Waals surface area contributed by atoms with Crippen molar-refractivity contribution in [1.82, 2.24) is 10.3 Å². The lowest BCUT2D eigenvalue weighted by Gasteiger charge is -2.13. The maximum atomic E-state index is 12.4. The molecule has 0 fully saturated rings. The first-order valence-corrected chi connectivity index (χ1v) is 8.34. The van der Waals surface area contributed by atoms with Crippen LogP contribution in [0.4, 0.5) is 11.4 Å². The topological polar surface area (TPSA) is 74.3 Å². The fourth-order valence-electron chi connectivity index (χ4n) is 2.21. The maximum absolute atomic E-state index is 12.4. The van der Waals surface area contributed by atoms with Crippen molar-refractivity contribution in [2.24, 2.45) is 0 Å². The van der Waals surface area contributed by atoms with Gasteiger partial charge in [0.1, 0.15) is 5.69 Å². The zero-order valence-electron chi connectivity index (χ0n) is 14.9. The van der Waals surface area contributed by atoms with Crippen LogP contribution in [0, 0.1) is 0 Å². The minimum Gasteiger partial charge on any atom is -0.378 e. The molecule has 1 aromatic heterocycles. The van der Waals surface area contributed by atoms with Crippen molar-refractivity contribution in [2.75, 3.05) is 30.9 Å². The van der Waals surface area contributed by atoms with Gasteiger partial charge in [-0.1, -0.05) is 13.3 Å². The van der Waals surface area contributed by atoms with Gasteiger partial charge < -0.3 is 15.5 Å². The Labute approximate surface area is 148 Å². The molecular formula is C19H24N4O2. The van der Waals surface area contributed by atoms with Crippen LogP contribution in [-0.4, -0.2) is 37.4 Å². The Bertz CT molecular complexity index is 726. The fraction of sp³-hybridized carbons (Fsp3) is 0.316. The number of nitrogens with zero attached hydrogens (tertiary/aromatic N) is 2. The number of hydrogen-bond acceptors (Lipinski definition) is 4. The molecule has 1 aromatic carbocycles. The molecule has 25 heavy (non-hydrogen) atoms. The first-order chi connectivity index (χ1) is 12.0. The quantitative estimate of drug-likeness (QED) is 0.760. The predicted octanol–water partition coefficient (Wildman–Crippen LogP) is 2.93. The zero-order valence-corrected chi connectivity index (χ0v) is 14.9. The highest BCUT2D eigenvalue weighted by Gasteiger charge is 2.12. The number of amides is 2. The van der Waals surface area contributed by atoms with Crippen molar-refractivity contribution in [3.05, 3.63) is 53.9 Å². The van der Waals surface area contributed by atoms with Crippen molar-refractivity contribution in [1.29, 1.82) is 0 Å². The van der Waals surface area contributed by atoms with Crippen LogP contribution in [0.2, 0.25) is 0 Å². The molecule has 2 N–H and O–H groups in total. The van der Waals surface area contributed by atoms with Gasteiger partial charge in [0.15, 0.2) is 0 Å². The van der Waals surface area contributed by atoms with Gasteiger partial charge in [0.05, 0.1) is 0 Å². The minimum absolute atomic E-state index is 0.242. The van der Waals surface area contributed by atoms with E-state index in [2.05, 4.69) is 22.5 Å². The highest BCUT2D eigenvalue weighted by Crippen LogP contribution is 2.16. The minimum atomic E-state index is -0.275. The first-order valence-electron chi connectivity index (χ1n) is 8.34. The Hall–Kier alpha value is -2.89. The van der Waals surface area contributed by atoms with Gasteiger partial charge in [0.2, 0.25) is 0 Å². The van der Waals surface area contributed by atoms with E-state index in [0.717, 1.165) is 18.5 Å². The lowest BCUT2D eigenvalue weighted by Crippen LogP contribution is -2.25. The lowest BCUT2D eigenvalue weighted by atomic mass is 10.2. The van der Waals surface area contributed by atoms with E-state index in [0.29, 0.717) is 17.8 Å². The normalized spacial score (nSPS) is 10.2. The van der Waals surface area contributed by atoms with Crippen LogP contribution >= 0.6 is 0 Å². The smallest absolute Gasteiger partial charge is 0.269 e. The van der Waals surface area contributed by atoms with Crippen LogP contribution in [0.5, 0.6) is 0 Å². The van der Waals surface area contributed by atoms with Crippen molar-refractivity contribution in [3.8, 4) is 0 Å². The second-order valence-electron chi connectivity index (χ2n) is 5.93. The summed E-state index contributed by atoms with van der Waals surface area (Å²) in [4.78, 5) is 30.5. The molecule has 0 aliphatic heterocycles. The van der Waals surface area contributed by atoms with Crippen LogP contribution in [0.1, 0.15) is 40.6 Å². The molecule has 2 amide bonds. The molecule has 1 heterocycles. The molecule has 0 aliphatic rings. The Kier molecular flexibility index (Phi) is 6.51. The third kappa shape index (κ3) is 5.31. The SMILES string of the molecule is CCCCNC(=O)c1cc(C(=O)Nc2ccc(N(C)C)cc2)ccn1. The van der Waals surface area contributed by atoms with E-state index in [1.807, 2.05) is 43.3 Å². The standard InChI is InChI=1S/C19H24N4O2/c1-4-5-11-21-19(25)17-13-14(10-12-20-17)18(24)22-15-6-8-16(9-7-15)23(2)3/h6-10,12-13H,4-5,11H2,1-3H3,(H,21,25)(H,22,24). The van der Waals surface area contributed by atoms with Gasteiger partial charge in [-0.2, -0.15) is 0 Å². The average molecular weight is 340 g/mol. The predicted molar refractivity (Wildman–Crippen MR) is 100 cm³/mol. The third-order valence-electron chi connectivity index (χ3n) is 3.71. The highest BCUT2D eigenvalue weighted by atomic mass is 16.2. The molecule has 0 saturated heterocycles. The molecule has 6 nitrogen and oxygen atoms in total.